The summed E-state index contributed by atoms with van der Waals surface area (Å²) < 4.78 is 16.9. The van der Waals surface area contributed by atoms with Gasteiger partial charge in [0.1, 0.15) is 13.2 Å². The van der Waals surface area contributed by atoms with Crippen LogP contribution in [0, 0.1) is 0 Å². The molecule has 2 aliphatic heterocycles. The van der Waals surface area contributed by atoms with Gasteiger partial charge in [-0.05, 0) is 49.1 Å². The van der Waals surface area contributed by atoms with Crippen LogP contribution >= 0.6 is 11.8 Å². The number of ether oxygens (including phenoxy) is 3. The Morgan fingerprint density at radius 1 is 1.07 bits per heavy atom. The molecule has 0 unspecified atom stereocenters. The Balaban J connectivity index is 1.31. The minimum Gasteiger partial charge on any atom is -0.486 e. The fourth-order valence-corrected chi connectivity index (χ4v) is 4.52. The first-order valence-electron chi connectivity index (χ1n) is 9.80. The summed E-state index contributed by atoms with van der Waals surface area (Å²) in [6, 6.07) is 13.7. The highest BCUT2D eigenvalue weighted by molar-refractivity contribution is 7.99. The summed E-state index contributed by atoms with van der Waals surface area (Å²) in [5, 5.41) is 3.04. The molecule has 0 radical (unpaired) electrons. The fraction of sp³-hybridized carbons (Fsp3) is 0.409. The summed E-state index contributed by atoms with van der Waals surface area (Å²) in [5.41, 5.74) is 1.85. The molecule has 2 heterocycles. The number of carbonyl (C=O) groups is 1. The molecule has 5 nitrogen and oxygen atoms in total. The van der Waals surface area contributed by atoms with Crippen LogP contribution in [0.25, 0.3) is 0 Å². The van der Waals surface area contributed by atoms with Gasteiger partial charge in [-0.2, -0.15) is 0 Å². The summed E-state index contributed by atoms with van der Waals surface area (Å²) in [6.07, 6.45) is 3.29. The Bertz CT molecular complexity index is 820. The molecule has 1 amide bonds. The molecule has 2 aliphatic rings. The van der Waals surface area contributed by atoms with Crippen LogP contribution in [0.1, 0.15) is 28.8 Å². The molecule has 4 rings (SSSR count). The van der Waals surface area contributed by atoms with E-state index in [0.29, 0.717) is 25.9 Å². The second kappa shape index (κ2) is 9.34. The van der Waals surface area contributed by atoms with Crippen LogP contribution in [0.3, 0.4) is 0 Å². The average molecular weight is 400 g/mol. The van der Waals surface area contributed by atoms with Gasteiger partial charge in [-0.15, -0.1) is 11.8 Å². The van der Waals surface area contributed by atoms with Crippen molar-refractivity contribution in [2.75, 3.05) is 32.1 Å². The molecule has 0 aliphatic carbocycles. The smallest absolute Gasteiger partial charge is 0.252 e. The monoisotopic (exact) mass is 399 g/mol. The van der Waals surface area contributed by atoms with E-state index < -0.39 is 0 Å². The minimum absolute atomic E-state index is 0.0343. The van der Waals surface area contributed by atoms with Crippen molar-refractivity contribution >= 4 is 17.7 Å². The molecule has 6 heteroatoms. The van der Waals surface area contributed by atoms with E-state index in [0.717, 1.165) is 59.1 Å². The van der Waals surface area contributed by atoms with Crippen LogP contribution in [0.5, 0.6) is 11.5 Å². The molecule has 28 heavy (non-hydrogen) atoms. The van der Waals surface area contributed by atoms with Crippen LogP contribution in [0.15, 0.2) is 47.4 Å². The molecule has 0 aromatic heterocycles. The van der Waals surface area contributed by atoms with Crippen molar-refractivity contribution in [1.82, 2.24) is 5.32 Å². The first kappa shape index (κ1) is 19.2. The number of amides is 1. The van der Waals surface area contributed by atoms with E-state index >= 15 is 0 Å². The van der Waals surface area contributed by atoms with Gasteiger partial charge in [-0.25, -0.2) is 0 Å². The molecule has 1 fully saturated rings. The Kier molecular flexibility index (Phi) is 6.39. The van der Waals surface area contributed by atoms with Crippen LogP contribution in [-0.2, 0) is 11.2 Å². The van der Waals surface area contributed by atoms with Crippen LogP contribution in [0.2, 0.25) is 0 Å². The zero-order valence-electron chi connectivity index (χ0n) is 15.8. The molecule has 0 saturated carbocycles. The molecule has 1 saturated heterocycles. The molecule has 2 aromatic carbocycles. The second-order valence-electron chi connectivity index (χ2n) is 6.93. The van der Waals surface area contributed by atoms with Gasteiger partial charge in [-0.1, -0.05) is 18.2 Å². The first-order chi connectivity index (χ1) is 13.8. The van der Waals surface area contributed by atoms with Crippen molar-refractivity contribution in [3.05, 3.63) is 53.6 Å². The number of carbonyl (C=O) groups excluding carboxylic acids is 1. The van der Waals surface area contributed by atoms with Gasteiger partial charge in [-0.3, -0.25) is 4.79 Å². The summed E-state index contributed by atoms with van der Waals surface area (Å²) in [7, 11) is 0. The zero-order valence-corrected chi connectivity index (χ0v) is 16.6. The lowest BCUT2D eigenvalue weighted by atomic mass is 10.1. The van der Waals surface area contributed by atoms with Crippen LogP contribution < -0.4 is 14.8 Å². The van der Waals surface area contributed by atoms with Gasteiger partial charge in [0.2, 0.25) is 0 Å². The van der Waals surface area contributed by atoms with E-state index in [1.54, 1.807) is 11.8 Å². The van der Waals surface area contributed by atoms with Crippen molar-refractivity contribution in [2.45, 2.75) is 30.3 Å². The number of hydrogen-bond donors (Lipinski definition) is 1. The van der Waals surface area contributed by atoms with Crippen LogP contribution in [0.4, 0.5) is 0 Å². The lowest BCUT2D eigenvalue weighted by Crippen LogP contribution is -2.26. The van der Waals surface area contributed by atoms with E-state index in [1.165, 1.54) is 0 Å². The van der Waals surface area contributed by atoms with E-state index in [-0.39, 0.29) is 5.91 Å². The number of rotatable bonds is 7. The SMILES string of the molecule is O=C(NCCc1ccc2c(c1)OCCO2)c1ccccc1SC[C@@H]1CCCO1. The summed E-state index contributed by atoms with van der Waals surface area (Å²) in [5.74, 6) is 2.43. The zero-order chi connectivity index (χ0) is 19.2. The Labute approximate surface area is 169 Å². The third-order valence-electron chi connectivity index (χ3n) is 4.89. The second-order valence-corrected chi connectivity index (χ2v) is 7.99. The molecule has 2 aromatic rings. The van der Waals surface area contributed by atoms with Crippen molar-refractivity contribution in [3.63, 3.8) is 0 Å². The predicted molar refractivity (Wildman–Crippen MR) is 110 cm³/mol. The highest BCUT2D eigenvalue weighted by Gasteiger charge is 2.18. The lowest BCUT2D eigenvalue weighted by Gasteiger charge is -2.19. The number of benzene rings is 2. The standard InChI is InChI=1S/C22H25NO4S/c24-22(18-5-1-2-6-21(18)28-15-17-4-3-11-25-17)23-10-9-16-7-8-19-20(14-16)27-13-12-26-19/h1-2,5-8,14,17H,3-4,9-13,15H2,(H,23,24)/t17-/m0/s1. The van der Waals surface area contributed by atoms with Crippen molar-refractivity contribution in [1.29, 1.82) is 0 Å². The lowest BCUT2D eigenvalue weighted by molar-refractivity contribution is 0.0951. The molecular weight excluding hydrogens is 374 g/mol. The van der Waals surface area contributed by atoms with Gasteiger partial charge in [0.15, 0.2) is 11.5 Å². The third kappa shape index (κ3) is 4.80. The largest absolute Gasteiger partial charge is 0.486 e. The molecule has 148 valence electrons. The topological polar surface area (TPSA) is 56.8 Å². The summed E-state index contributed by atoms with van der Waals surface area (Å²) in [4.78, 5) is 13.7. The molecule has 1 N–H and O–H groups in total. The predicted octanol–water partition coefficient (Wildman–Crippen LogP) is 3.70. The van der Waals surface area contributed by atoms with Gasteiger partial charge in [0.05, 0.1) is 11.7 Å². The Morgan fingerprint density at radius 3 is 2.79 bits per heavy atom. The molecule has 1 atom stereocenters. The molecule has 0 spiro atoms. The third-order valence-corrected chi connectivity index (χ3v) is 6.09. The van der Waals surface area contributed by atoms with E-state index in [1.807, 2.05) is 42.5 Å². The van der Waals surface area contributed by atoms with E-state index in [9.17, 15) is 4.79 Å². The highest BCUT2D eigenvalue weighted by Crippen LogP contribution is 2.31. The van der Waals surface area contributed by atoms with Gasteiger partial charge >= 0.3 is 0 Å². The van der Waals surface area contributed by atoms with Gasteiger partial charge in [0.25, 0.3) is 5.91 Å². The quantitative estimate of drug-likeness (QED) is 0.720. The first-order valence-corrected chi connectivity index (χ1v) is 10.8. The van der Waals surface area contributed by atoms with E-state index in [4.69, 9.17) is 14.2 Å². The highest BCUT2D eigenvalue weighted by atomic mass is 32.2. The van der Waals surface area contributed by atoms with Crippen LogP contribution in [-0.4, -0.2) is 44.1 Å². The van der Waals surface area contributed by atoms with Crippen molar-refractivity contribution in [2.24, 2.45) is 0 Å². The number of fused-ring (bicyclic) bond motifs is 1. The maximum atomic E-state index is 12.7. The summed E-state index contributed by atoms with van der Waals surface area (Å²) >= 11 is 1.70. The maximum Gasteiger partial charge on any atom is 0.252 e. The summed E-state index contributed by atoms with van der Waals surface area (Å²) in [6.45, 7) is 2.59. The molecular formula is C22H25NO4S. The maximum absolute atomic E-state index is 12.7. The number of nitrogens with one attached hydrogen (secondary N) is 1. The average Bonchev–Trinajstić information content (AvgIpc) is 3.26. The van der Waals surface area contributed by atoms with E-state index in [2.05, 4.69) is 5.32 Å². The normalized spacial score (nSPS) is 18.1. The Morgan fingerprint density at radius 2 is 1.93 bits per heavy atom. The van der Waals surface area contributed by atoms with Gasteiger partial charge in [0, 0.05) is 23.8 Å². The Hall–Kier alpha value is -2.18. The van der Waals surface area contributed by atoms with Crippen molar-refractivity contribution < 1.29 is 19.0 Å². The van der Waals surface area contributed by atoms with Crippen molar-refractivity contribution in [3.8, 4) is 11.5 Å². The van der Waals surface area contributed by atoms with Gasteiger partial charge < -0.3 is 19.5 Å². The number of hydrogen-bond acceptors (Lipinski definition) is 5. The minimum atomic E-state index is -0.0343. The number of thioether (sulfide) groups is 1. The molecule has 0 bridgehead atoms. The fourth-order valence-electron chi connectivity index (χ4n) is 3.40.